The molecule has 2 N–H and O–H groups in total. The second-order valence-corrected chi connectivity index (χ2v) is 6.09. The van der Waals surface area contributed by atoms with Crippen LogP contribution in [0.4, 0.5) is 0 Å². The molecule has 1 fully saturated rings. The van der Waals surface area contributed by atoms with E-state index in [0.29, 0.717) is 5.75 Å². The summed E-state index contributed by atoms with van der Waals surface area (Å²) in [4.78, 5) is 19.4. The quantitative estimate of drug-likeness (QED) is 0.673. The Morgan fingerprint density at radius 3 is 2.90 bits per heavy atom. The number of hydrogen-bond donors (Lipinski definition) is 2. The highest BCUT2D eigenvalue weighted by atomic mass is 32.2. The van der Waals surface area contributed by atoms with Crippen LogP contribution in [0.1, 0.15) is 32.1 Å². The lowest BCUT2D eigenvalue weighted by Crippen LogP contribution is -2.22. The van der Waals surface area contributed by atoms with Crippen LogP contribution in [0.15, 0.2) is 34.5 Å². The van der Waals surface area contributed by atoms with Crippen LogP contribution in [0, 0.1) is 0 Å². The van der Waals surface area contributed by atoms with Gasteiger partial charge in [-0.25, -0.2) is 10.4 Å². The molecule has 0 spiro atoms. The summed E-state index contributed by atoms with van der Waals surface area (Å²) in [6, 6.07) is 7.83. The second-order valence-electron chi connectivity index (χ2n) is 5.12. The van der Waals surface area contributed by atoms with Gasteiger partial charge in [-0.3, -0.25) is 4.79 Å². The van der Waals surface area contributed by atoms with Crippen molar-refractivity contribution in [3.05, 3.63) is 24.3 Å². The zero-order valence-corrected chi connectivity index (χ0v) is 12.6. The molecule has 0 radical (unpaired) electrons. The van der Waals surface area contributed by atoms with E-state index in [0.717, 1.165) is 34.7 Å². The van der Waals surface area contributed by atoms with Gasteiger partial charge in [0, 0.05) is 5.71 Å². The Morgan fingerprint density at radius 1 is 1.29 bits per heavy atom. The summed E-state index contributed by atoms with van der Waals surface area (Å²) < 4.78 is 0. The van der Waals surface area contributed by atoms with Crippen molar-refractivity contribution in [1.82, 2.24) is 15.4 Å². The smallest absolute Gasteiger partial charge is 0.250 e. The Kier molecular flexibility index (Phi) is 4.55. The number of hydrogen-bond acceptors (Lipinski definition) is 4. The number of hydrazone groups is 1. The van der Waals surface area contributed by atoms with Gasteiger partial charge in [0.25, 0.3) is 5.91 Å². The van der Waals surface area contributed by atoms with Crippen molar-refractivity contribution in [2.75, 3.05) is 5.75 Å². The van der Waals surface area contributed by atoms with Crippen molar-refractivity contribution in [1.29, 1.82) is 0 Å². The van der Waals surface area contributed by atoms with Gasteiger partial charge in [0.05, 0.1) is 16.8 Å². The predicted molar refractivity (Wildman–Crippen MR) is 85.5 cm³/mol. The number of nitrogens with one attached hydrogen (secondary N) is 2. The summed E-state index contributed by atoms with van der Waals surface area (Å²) >= 11 is 1.39. The summed E-state index contributed by atoms with van der Waals surface area (Å²) in [5.74, 6) is 0.231. The first-order chi connectivity index (χ1) is 10.3. The number of amides is 1. The molecule has 21 heavy (non-hydrogen) atoms. The maximum Gasteiger partial charge on any atom is 0.250 e. The Hall–Kier alpha value is -1.82. The summed E-state index contributed by atoms with van der Waals surface area (Å²) in [6.45, 7) is 0. The Morgan fingerprint density at radius 2 is 2.10 bits per heavy atom. The third-order valence-corrected chi connectivity index (χ3v) is 4.35. The summed E-state index contributed by atoms with van der Waals surface area (Å²) in [7, 11) is 0. The van der Waals surface area contributed by atoms with Gasteiger partial charge >= 0.3 is 0 Å². The van der Waals surface area contributed by atoms with Gasteiger partial charge in [-0.05, 0) is 37.8 Å². The van der Waals surface area contributed by atoms with Crippen molar-refractivity contribution in [3.63, 3.8) is 0 Å². The number of para-hydroxylation sites is 2. The molecule has 0 atom stereocenters. The lowest BCUT2D eigenvalue weighted by atomic mass is 9.99. The number of fused-ring (bicyclic) bond motifs is 1. The molecule has 1 aromatic carbocycles. The number of aromatic nitrogens is 2. The molecular formula is C15H18N4OS. The van der Waals surface area contributed by atoms with Gasteiger partial charge in [-0.15, -0.1) is 0 Å². The number of aromatic amines is 1. The Balaban J connectivity index is 1.51. The Bertz CT molecular complexity index is 623. The zero-order valence-electron chi connectivity index (χ0n) is 11.8. The van der Waals surface area contributed by atoms with Gasteiger partial charge in [0.2, 0.25) is 0 Å². The first-order valence-corrected chi connectivity index (χ1v) is 8.21. The van der Waals surface area contributed by atoms with E-state index in [4.69, 9.17) is 0 Å². The Labute approximate surface area is 127 Å². The van der Waals surface area contributed by atoms with Crippen molar-refractivity contribution >= 4 is 34.4 Å². The summed E-state index contributed by atoms with van der Waals surface area (Å²) in [5.41, 5.74) is 5.67. The molecule has 0 bridgehead atoms. The monoisotopic (exact) mass is 302 g/mol. The van der Waals surface area contributed by atoms with Crippen LogP contribution >= 0.6 is 11.8 Å². The molecule has 2 aromatic rings. The van der Waals surface area contributed by atoms with E-state index in [9.17, 15) is 4.79 Å². The van der Waals surface area contributed by atoms with Gasteiger partial charge in [-0.2, -0.15) is 5.10 Å². The minimum Gasteiger partial charge on any atom is -0.333 e. The minimum atomic E-state index is -0.0847. The average molecular weight is 302 g/mol. The molecule has 1 saturated carbocycles. The van der Waals surface area contributed by atoms with E-state index in [1.807, 2.05) is 24.3 Å². The first kappa shape index (κ1) is 14.1. The largest absolute Gasteiger partial charge is 0.333 e. The van der Waals surface area contributed by atoms with Gasteiger partial charge in [0.15, 0.2) is 5.16 Å². The summed E-state index contributed by atoms with van der Waals surface area (Å²) in [6.07, 6.45) is 5.66. The van der Waals surface area contributed by atoms with Gasteiger partial charge in [0.1, 0.15) is 0 Å². The lowest BCUT2D eigenvalue weighted by Gasteiger charge is -2.11. The topological polar surface area (TPSA) is 70.1 Å². The third kappa shape index (κ3) is 3.85. The lowest BCUT2D eigenvalue weighted by molar-refractivity contribution is -0.118. The standard InChI is InChI=1S/C15H18N4OS/c20-14(19-18-11-6-2-1-3-7-11)10-21-15-16-12-8-4-5-9-13(12)17-15/h4-5,8-9H,1-3,6-7,10H2,(H,16,17)(H,19,20). The van der Waals surface area contributed by atoms with Crippen molar-refractivity contribution in [3.8, 4) is 0 Å². The van der Waals surface area contributed by atoms with Crippen LogP contribution < -0.4 is 5.43 Å². The maximum atomic E-state index is 11.8. The van der Waals surface area contributed by atoms with E-state index in [2.05, 4.69) is 20.5 Å². The highest BCUT2D eigenvalue weighted by Crippen LogP contribution is 2.19. The second kappa shape index (κ2) is 6.76. The fraction of sp³-hybridized carbons (Fsp3) is 0.400. The number of imidazole rings is 1. The molecule has 1 amide bonds. The normalized spacial score (nSPS) is 15.1. The molecular weight excluding hydrogens is 284 g/mol. The number of carbonyl (C=O) groups is 1. The molecule has 3 rings (SSSR count). The van der Waals surface area contributed by atoms with Crippen LogP contribution in [-0.2, 0) is 4.79 Å². The van der Waals surface area contributed by atoms with Crippen LogP contribution in [-0.4, -0.2) is 27.3 Å². The molecule has 6 heteroatoms. The first-order valence-electron chi connectivity index (χ1n) is 7.23. The SMILES string of the molecule is O=C(CSc1nc2ccccc2[nH]1)NN=C1CCCCC1. The molecule has 1 heterocycles. The minimum absolute atomic E-state index is 0.0847. The van der Waals surface area contributed by atoms with Crippen LogP contribution in [0.2, 0.25) is 0 Å². The number of rotatable bonds is 4. The molecule has 1 aliphatic rings. The predicted octanol–water partition coefficient (Wildman–Crippen LogP) is 3.09. The number of benzene rings is 1. The van der Waals surface area contributed by atoms with Crippen molar-refractivity contribution in [2.45, 2.75) is 37.3 Å². The van der Waals surface area contributed by atoms with E-state index in [1.165, 1.54) is 31.0 Å². The third-order valence-electron chi connectivity index (χ3n) is 3.48. The fourth-order valence-corrected chi connectivity index (χ4v) is 3.05. The van der Waals surface area contributed by atoms with Crippen LogP contribution in [0.3, 0.4) is 0 Å². The molecule has 110 valence electrons. The molecule has 0 unspecified atom stereocenters. The molecule has 5 nitrogen and oxygen atoms in total. The number of thioether (sulfide) groups is 1. The van der Waals surface area contributed by atoms with E-state index in [-0.39, 0.29) is 5.91 Å². The maximum absolute atomic E-state index is 11.8. The van der Waals surface area contributed by atoms with Gasteiger partial charge < -0.3 is 4.98 Å². The molecule has 0 saturated heterocycles. The molecule has 1 aromatic heterocycles. The van der Waals surface area contributed by atoms with Crippen molar-refractivity contribution < 1.29 is 4.79 Å². The number of H-pyrrole nitrogens is 1. The van der Waals surface area contributed by atoms with E-state index >= 15 is 0 Å². The highest BCUT2D eigenvalue weighted by molar-refractivity contribution is 7.99. The van der Waals surface area contributed by atoms with E-state index in [1.54, 1.807) is 0 Å². The highest BCUT2D eigenvalue weighted by Gasteiger charge is 2.09. The summed E-state index contributed by atoms with van der Waals surface area (Å²) in [5, 5.41) is 4.97. The van der Waals surface area contributed by atoms with E-state index < -0.39 is 0 Å². The average Bonchev–Trinajstić information content (AvgIpc) is 2.95. The van der Waals surface area contributed by atoms with Crippen LogP contribution in [0.5, 0.6) is 0 Å². The molecule has 1 aliphatic carbocycles. The fourth-order valence-electron chi connectivity index (χ4n) is 2.38. The molecule has 0 aliphatic heterocycles. The van der Waals surface area contributed by atoms with Crippen molar-refractivity contribution in [2.24, 2.45) is 5.10 Å². The van der Waals surface area contributed by atoms with Gasteiger partial charge in [-0.1, -0.05) is 30.3 Å². The zero-order chi connectivity index (χ0) is 14.5. The number of carbonyl (C=O) groups excluding carboxylic acids is 1. The number of nitrogens with zero attached hydrogens (tertiary/aromatic N) is 2. The van der Waals surface area contributed by atoms with Crippen LogP contribution in [0.25, 0.3) is 11.0 Å².